The van der Waals surface area contributed by atoms with Gasteiger partial charge in [-0.3, -0.25) is 9.59 Å². The summed E-state index contributed by atoms with van der Waals surface area (Å²) in [5, 5.41) is 1.89. The van der Waals surface area contributed by atoms with Crippen LogP contribution < -0.4 is 5.69 Å². The Morgan fingerprint density at radius 2 is 1.81 bits per heavy atom. The molecule has 3 aromatic rings. The fraction of sp³-hybridized carbons (Fsp3) is 0.222. The first-order valence-corrected chi connectivity index (χ1v) is 9.27. The molecule has 1 aliphatic heterocycles. The van der Waals surface area contributed by atoms with Crippen LogP contribution in [0.15, 0.2) is 51.2 Å². The number of piperazine rings is 1. The Balaban J connectivity index is 1.47. The summed E-state index contributed by atoms with van der Waals surface area (Å²) in [6, 6.07) is 8.61. The number of rotatable bonds is 3. The van der Waals surface area contributed by atoms with E-state index >= 15 is 0 Å². The molecule has 2 amide bonds. The van der Waals surface area contributed by atoms with Gasteiger partial charge in [0.15, 0.2) is 5.76 Å². The Morgan fingerprint density at radius 1 is 1.07 bits per heavy atom. The molecule has 0 unspecified atom stereocenters. The van der Waals surface area contributed by atoms with Crippen molar-refractivity contribution in [1.82, 2.24) is 19.8 Å². The quantitative estimate of drug-likeness (QED) is 0.741. The van der Waals surface area contributed by atoms with Crippen molar-refractivity contribution in [2.45, 2.75) is 0 Å². The number of nitrogens with one attached hydrogen (secondary N) is 1. The van der Waals surface area contributed by atoms with E-state index in [-0.39, 0.29) is 23.3 Å². The van der Waals surface area contributed by atoms with E-state index in [0.717, 1.165) is 4.88 Å². The summed E-state index contributed by atoms with van der Waals surface area (Å²) in [6.07, 6.45) is 1.46. The summed E-state index contributed by atoms with van der Waals surface area (Å²) < 4.78 is 5.13. The molecular formula is C18H16N4O4S. The third-order valence-corrected chi connectivity index (χ3v) is 5.24. The summed E-state index contributed by atoms with van der Waals surface area (Å²) in [6.45, 7) is 1.53. The minimum atomic E-state index is -0.559. The number of hydrogen-bond donors (Lipinski definition) is 1. The molecule has 4 heterocycles. The van der Waals surface area contributed by atoms with Crippen molar-refractivity contribution in [1.29, 1.82) is 0 Å². The summed E-state index contributed by atoms with van der Waals surface area (Å²) in [5.41, 5.74) is 0.115. The molecule has 8 nitrogen and oxygen atoms in total. The molecule has 0 atom stereocenters. The molecule has 1 saturated heterocycles. The number of amides is 2. The highest BCUT2D eigenvalue weighted by Crippen LogP contribution is 2.22. The number of carbonyl (C=O) groups is 2. The number of hydrogen-bond acceptors (Lipinski definition) is 6. The monoisotopic (exact) mass is 384 g/mol. The lowest BCUT2D eigenvalue weighted by Crippen LogP contribution is -2.50. The molecule has 1 aliphatic rings. The normalized spacial score (nSPS) is 14.4. The van der Waals surface area contributed by atoms with Gasteiger partial charge in [0.05, 0.1) is 16.8 Å². The van der Waals surface area contributed by atoms with Crippen LogP contribution >= 0.6 is 11.3 Å². The standard InChI is InChI=1S/C18H16N4O4S/c23-16(13-11-12(19-18(25)20-13)15-4-2-10-27-15)21-5-7-22(8-6-21)17(24)14-3-1-9-26-14/h1-4,9-11H,5-8H2,(H,19,20,25). The molecule has 0 aromatic carbocycles. The summed E-state index contributed by atoms with van der Waals surface area (Å²) in [5.74, 6) is -0.225. The first-order valence-electron chi connectivity index (χ1n) is 8.39. The average molecular weight is 384 g/mol. The van der Waals surface area contributed by atoms with Gasteiger partial charge in [-0.15, -0.1) is 11.3 Å². The topological polar surface area (TPSA) is 99.5 Å². The van der Waals surface area contributed by atoms with Gasteiger partial charge < -0.3 is 19.2 Å². The van der Waals surface area contributed by atoms with Gasteiger partial charge >= 0.3 is 5.69 Å². The van der Waals surface area contributed by atoms with Crippen LogP contribution in [-0.4, -0.2) is 57.8 Å². The Labute approximate surface area is 158 Å². The van der Waals surface area contributed by atoms with E-state index in [1.54, 1.807) is 28.0 Å². The maximum Gasteiger partial charge on any atom is 0.346 e. The smallest absolute Gasteiger partial charge is 0.346 e. The molecule has 1 N–H and O–H groups in total. The molecule has 3 aromatic heterocycles. The zero-order valence-corrected chi connectivity index (χ0v) is 15.1. The number of furan rings is 1. The van der Waals surface area contributed by atoms with Crippen LogP contribution in [-0.2, 0) is 0 Å². The van der Waals surface area contributed by atoms with Gasteiger partial charge in [0.25, 0.3) is 11.8 Å². The summed E-state index contributed by atoms with van der Waals surface area (Å²) in [4.78, 5) is 47.5. The number of H-pyrrole nitrogens is 1. The van der Waals surface area contributed by atoms with E-state index in [4.69, 9.17) is 4.42 Å². The van der Waals surface area contributed by atoms with E-state index < -0.39 is 5.69 Å². The third kappa shape index (κ3) is 3.54. The highest BCUT2D eigenvalue weighted by Gasteiger charge is 2.27. The molecule has 4 rings (SSSR count). The number of carbonyl (C=O) groups excluding carboxylic acids is 2. The predicted molar refractivity (Wildman–Crippen MR) is 98.7 cm³/mol. The second-order valence-electron chi connectivity index (χ2n) is 6.02. The van der Waals surface area contributed by atoms with Crippen LogP contribution in [0.5, 0.6) is 0 Å². The van der Waals surface area contributed by atoms with Crippen molar-refractivity contribution in [2.75, 3.05) is 26.2 Å². The van der Waals surface area contributed by atoms with Gasteiger partial charge in [-0.05, 0) is 29.6 Å². The second-order valence-corrected chi connectivity index (χ2v) is 6.97. The molecule has 0 bridgehead atoms. The zero-order chi connectivity index (χ0) is 18.8. The van der Waals surface area contributed by atoms with Crippen molar-refractivity contribution >= 4 is 23.2 Å². The largest absolute Gasteiger partial charge is 0.459 e. The fourth-order valence-electron chi connectivity index (χ4n) is 2.96. The van der Waals surface area contributed by atoms with Crippen molar-refractivity contribution in [3.63, 3.8) is 0 Å². The van der Waals surface area contributed by atoms with Crippen LogP contribution in [0, 0.1) is 0 Å². The third-order valence-electron chi connectivity index (χ3n) is 4.34. The number of aromatic amines is 1. The first-order chi connectivity index (χ1) is 13.1. The summed E-state index contributed by atoms with van der Waals surface area (Å²) >= 11 is 1.47. The van der Waals surface area contributed by atoms with Gasteiger partial charge in [-0.1, -0.05) is 6.07 Å². The first kappa shape index (κ1) is 17.2. The number of nitrogens with zero attached hydrogens (tertiary/aromatic N) is 3. The van der Waals surface area contributed by atoms with Gasteiger partial charge in [0.2, 0.25) is 0 Å². The van der Waals surface area contributed by atoms with Crippen LogP contribution in [0.4, 0.5) is 0 Å². The van der Waals surface area contributed by atoms with Crippen LogP contribution in [0.3, 0.4) is 0 Å². The minimum Gasteiger partial charge on any atom is -0.459 e. The van der Waals surface area contributed by atoms with E-state index in [1.807, 2.05) is 17.5 Å². The molecule has 0 spiro atoms. The van der Waals surface area contributed by atoms with Crippen LogP contribution in [0.1, 0.15) is 21.0 Å². The molecule has 138 valence electrons. The van der Waals surface area contributed by atoms with E-state index in [1.165, 1.54) is 17.6 Å². The molecular weight excluding hydrogens is 368 g/mol. The van der Waals surface area contributed by atoms with Gasteiger partial charge in [0, 0.05) is 26.2 Å². The van der Waals surface area contributed by atoms with Crippen molar-refractivity contribution in [2.24, 2.45) is 0 Å². The molecule has 1 fully saturated rings. The predicted octanol–water partition coefficient (Wildman–Crippen LogP) is 1.69. The molecule has 27 heavy (non-hydrogen) atoms. The Bertz CT molecular complexity index is 1000. The molecule has 9 heteroatoms. The highest BCUT2D eigenvalue weighted by atomic mass is 32.1. The maximum absolute atomic E-state index is 12.8. The lowest BCUT2D eigenvalue weighted by molar-refractivity contribution is 0.0515. The Hall–Kier alpha value is -3.20. The Kier molecular flexibility index (Phi) is 4.59. The fourth-order valence-corrected chi connectivity index (χ4v) is 3.66. The van der Waals surface area contributed by atoms with Gasteiger partial charge in [-0.25, -0.2) is 4.79 Å². The van der Waals surface area contributed by atoms with E-state index in [9.17, 15) is 14.4 Å². The van der Waals surface area contributed by atoms with E-state index in [0.29, 0.717) is 31.9 Å². The number of aromatic nitrogens is 2. The lowest BCUT2D eigenvalue weighted by Gasteiger charge is -2.34. The zero-order valence-electron chi connectivity index (χ0n) is 14.3. The molecule has 0 radical (unpaired) electrons. The summed E-state index contributed by atoms with van der Waals surface area (Å²) in [7, 11) is 0. The molecule has 0 saturated carbocycles. The van der Waals surface area contributed by atoms with Crippen molar-refractivity contribution in [3.8, 4) is 10.6 Å². The van der Waals surface area contributed by atoms with Crippen molar-refractivity contribution in [3.05, 3.63) is 63.9 Å². The average Bonchev–Trinajstić information content (AvgIpc) is 3.40. The SMILES string of the molecule is O=C(c1cc(-c2cccs2)[nH]c(=O)n1)N1CCN(C(=O)c2ccco2)CC1. The highest BCUT2D eigenvalue weighted by molar-refractivity contribution is 7.13. The number of thiophene rings is 1. The van der Waals surface area contributed by atoms with Crippen LogP contribution in [0.25, 0.3) is 10.6 Å². The van der Waals surface area contributed by atoms with Gasteiger partial charge in [-0.2, -0.15) is 4.98 Å². The van der Waals surface area contributed by atoms with Gasteiger partial charge in [0.1, 0.15) is 5.69 Å². The van der Waals surface area contributed by atoms with E-state index in [2.05, 4.69) is 9.97 Å². The minimum absolute atomic E-state index is 0.105. The molecule has 0 aliphatic carbocycles. The maximum atomic E-state index is 12.8. The lowest BCUT2D eigenvalue weighted by atomic mass is 10.2. The Morgan fingerprint density at radius 3 is 2.44 bits per heavy atom. The van der Waals surface area contributed by atoms with Crippen molar-refractivity contribution < 1.29 is 14.0 Å². The second kappa shape index (κ2) is 7.20. The van der Waals surface area contributed by atoms with Crippen LogP contribution in [0.2, 0.25) is 0 Å².